The Morgan fingerprint density at radius 3 is 2.48 bits per heavy atom. The zero-order valence-corrected chi connectivity index (χ0v) is 16.9. The molecule has 1 aliphatic heterocycles. The topological polar surface area (TPSA) is 71.5 Å². The zero-order chi connectivity index (χ0) is 20.2. The molecule has 1 saturated heterocycles. The Balaban J connectivity index is 1.44. The SMILES string of the molecule is Cc1nc(-c2cccs2)ccc1C(=O)Nc1ccc(C(=O)N2CCOCC2)cc1. The third-order valence-corrected chi connectivity index (χ3v) is 5.68. The van der Waals surface area contributed by atoms with Crippen molar-refractivity contribution in [2.24, 2.45) is 0 Å². The van der Waals surface area contributed by atoms with Crippen LogP contribution >= 0.6 is 11.3 Å². The molecule has 0 aliphatic carbocycles. The third-order valence-electron chi connectivity index (χ3n) is 4.79. The number of pyridine rings is 1. The molecule has 0 bridgehead atoms. The lowest BCUT2D eigenvalue weighted by Crippen LogP contribution is -2.40. The molecular weight excluding hydrogens is 386 g/mol. The number of nitrogens with zero attached hydrogens (tertiary/aromatic N) is 2. The number of morpholine rings is 1. The third kappa shape index (κ3) is 4.36. The molecule has 0 atom stereocenters. The quantitative estimate of drug-likeness (QED) is 0.713. The molecule has 1 aliphatic rings. The lowest BCUT2D eigenvalue weighted by Gasteiger charge is -2.26. The molecule has 2 amide bonds. The maximum Gasteiger partial charge on any atom is 0.257 e. The minimum absolute atomic E-state index is 0.0182. The van der Waals surface area contributed by atoms with Crippen LogP contribution in [0.5, 0.6) is 0 Å². The summed E-state index contributed by atoms with van der Waals surface area (Å²) in [5, 5.41) is 4.88. The first-order chi connectivity index (χ1) is 14.1. The molecule has 0 unspecified atom stereocenters. The lowest BCUT2D eigenvalue weighted by atomic mass is 10.1. The van der Waals surface area contributed by atoms with Gasteiger partial charge in [0.05, 0.1) is 35.0 Å². The van der Waals surface area contributed by atoms with Crippen LogP contribution in [0.25, 0.3) is 10.6 Å². The number of aromatic nitrogens is 1. The highest BCUT2D eigenvalue weighted by atomic mass is 32.1. The second-order valence-electron chi connectivity index (χ2n) is 6.74. The van der Waals surface area contributed by atoms with Crippen molar-refractivity contribution in [1.29, 1.82) is 0 Å². The molecule has 0 radical (unpaired) electrons. The number of nitrogens with one attached hydrogen (secondary N) is 1. The fraction of sp³-hybridized carbons (Fsp3) is 0.227. The number of hydrogen-bond donors (Lipinski definition) is 1. The van der Waals surface area contributed by atoms with Gasteiger partial charge in [0.1, 0.15) is 0 Å². The van der Waals surface area contributed by atoms with E-state index in [1.54, 1.807) is 46.6 Å². The van der Waals surface area contributed by atoms with E-state index in [9.17, 15) is 9.59 Å². The molecule has 3 heterocycles. The van der Waals surface area contributed by atoms with Crippen LogP contribution in [0.2, 0.25) is 0 Å². The first kappa shape index (κ1) is 19.3. The average Bonchev–Trinajstić information content (AvgIpc) is 3.29. The van der Waals surface area contributed by atoms with E-state index in [-0.39, 0.29) is 11.8 Å². The van der Waals surface area contributed by atoms with Gasteiger partial charge in [-0.1, -0.05) is 6.07 Å². The maximum absolute atomic E-state index is 12.7. The number of rotatable bonds is 4. The molecule has 4 rings (SSSR count). The number of hydrogen-bond acceptors (Lipinski definition) is 5. The van der Waals surface area contributed by atoms with Crippen LogP contribution in [0.3, 0.4) is 0 Å². The smallest absolute Gasteiger partial charge is 0.257 e. The molecule has 0 spiro atoms. The summed E-state index contributed by atoms with van der Waals surface area (Å²) in [6.45, 7) is 4.17. The van der Waals surface area contributed by atoms with E-state index < -0.39 is 0 Å². The van der Waals surface area contributed by atoms with Crippen molar-refractivity contribution in [2.45, 2.75) is 6.92 Å². The minimum Gasteiger partial charge on any atom is -0.378 e. The molecule has 148 valence electrons. The van der Waals surface area contributed by atoms with Crippen molar-refractivity contribution in [3.63, 3.8) is 0 Å². The van der Waals surface area contributed by atoms with E-state index in [1.807, 2.05) is 30.5 Å². The Labute approximate surface area is 173 Å². The van der Waals surface area contributed by atoms with Crippen molar-refractivity contribution in [1.82, 2.24) is 9.88 Å². The molecule has 6 nitrogen and oxygen atoms in total. The summed E-state index contributed by atoms with van der Waals surface area (Å²) in [5.41, 5.74) is 3.30. The van der Waals surface area contributed by atoms with Gasteiger partial charge in [-0.2, -0.15) is 0 Å². The van der Waals surface area contributed by atoms with Crippen molar-refractivity contribution >= 4 is 28.8 Å². The van der Waals surface area contributed by atoms with Gasteiger partial charge < -0.3 is 15.0 Å². The van der Waals surface area contributed by atoms with Crippen LogP contribution in [0.15, 0.2) is 53.9 Å². The maximum atomic E-state index is 12.7. The largest absolute Gasteiger partial charge is 0.378 e. The van der Waals surface area contributed by atoms with Gasteiger partial charge in [-0.25, -0.2) is 0 Å². The fourth-order valence-corrected chi connectivity index (χ4v) is 3.90. The van der Waals surface area contributed by atoms with Crippen LogP contribution in [-0.2, 0) is 4.74 Å². The average molecular weight is 407 g/mol. The number of carbonyl (C=O) groups excluding carboxylic acids is 2. The highest BCUT2D eigenvalue weighted by molar-refractivity contribution is 7.13. The standard InChI is InChI=1S/C22H21N3O3S/c1-15-18(8-9-19(23-15)20-3-2-14-29-20)21(26)24-17-6-4-16(5-7-17)22(27)25-10-12-28-13-11-25/h2-9,14H,10-13H2,1H3,(H,24,26). The lowest BCUT2D eigenvalue weighted by molar-refractivity contribution is 0.0303. The molecule has 2 aromatic heterocycles. The van der Waals surface area contributed by atoms with Gasteiger partial charge in [0.25, 0.3) is 11.8 Å². The Morgan fingerprint density at radius 2 is 1.83 bits per heavy atom. The Hall–Kier alpha value is -3.03. The Kier molecular flexibility index (Phi) is 5.69. The van der Waals surface area contributed by atoms with Gasteiger partial charge in [0.15, 0.2) is 0 Å². The summed E-state index contributed by atoms with van der Waals surface area (Å²) < 4.78 is 5.28. The van der Waals surface area contributed by atoms with Gasteiger partial charge >= 0.3 is 0 Å². The summed E-state index contributed by atoms with van der Waals surface area (Å²) in [4.78, 5) is 32.6. The van der Waals surface area contributed by atoms with E-state index in [4.69, 9.17) is 4.74 Å². The van der Waals surface area contributed by atoms with E-state index in [2.05, 4.69) is 10.3 Å². The summed E-state index contributed by atoms with van der Waals surface area (Å²) >= 11 is 1.61. The van der Waals surface area contributed by atoms with Crippen LogP contribution in [0.1, 0.15) is 26.4 Å². The highest BCUT2D eigenvalue weighted by Gasteiger charge is 2.18. The van der Waals surface area contributed by atoms with Crippen molar-refractivity contribution in [2.75, 3.05) is 31.6 Å². The fourth-order valence-electron chi connectivity index (χ4n) is 3.21. The molecule has 1 aromatic carbocycles. The summed E-state index contributed by atoms with van der Waals surface area (Å²) in [6, 6.07) is 14.6. The molecule has 1 N–H and O–H groups in total. The highest BCUT2D eigenvalue weighted by Crippen LogP contribution is 2.24. The molecular formula is C22H21N3O3S. The number of thiophene rings is 1. The number of amides is 2. The molecule has 7 heteroatoms. The first-order valence-corrected chi connectivity index (χ1v) is 10.3. The number of anilines is 1. The van der Waals surface area contributed by atoms with Crippen LogP contribution in [0, 0.1) is 6.92 Å². The summed E-state index contributed by atoms with van der Waals surface area (Å²) in [5.74, 6) is -0.240. The molecule has 0 saturated carbocycles. The predicted octanol–water partition coefficient (Wildman–Crippen LogP) is 3.84. The van der Waals surface area contributed by atoms with Gasteiger partial charge in [-0.05, 0) is 54.8 Å². The molecule has 29 heavy (non-hydrogen) atoms. The number of benzene rings is 1. The number of carbonyl (C=O) groups is 2. The van der Waals surface area contributed by atoms with Gasteiger partial charge in [-0.15, -0.1) is 11.3 Å². The summed E-state index contributed by atoms with van der Waals surface area (Å²) in [6.07, 6.45) is 0. The number of ether oxygens (including phenoxy) is 1. The van der Waals surface area contributed by atoms with E-state index in [0.717, 1.165) is 10.6 Å². The van der Waals surface area contributed by atoms with Crippen LogP contribution in [-0.4, -0.2) is 48.0 Å². The Bertz CT molecular complexity index is 1010. The van der Waals surface area contributed by atoms with Crippen molar-refractivity contribution in [3.05, 3.63) is 70.7 Å². The molecule has 1 fully saturated rings. The van der Waals surface area contributed by atoms with Crippen LogP contribution < -0.4 is 5.32 Å². The first-order valence-electron chi connectivity index (χ1n) is 9.42. The van der Waals surface area contributed by atoms with E-state index in [0.29, 0.717) is 48.8 Å². The van der Waals surface area contributed by atoms with E-state index in [1.165, 1.54) is 0 Å². The summed E-state index contributed by atoms with van der Waals surface area (Å²) in [7, 11) is 0. The van der Waals surface area contributed by atoms with Crippen molar-refractivity contribution < 1.29 is 14.3 Å². The Morgan fingerprint density at radius 1 is 1.07 bits per heavy atom. The predicted molar refractivity (Wildman–Crippen MR) is 113 cm³/mol. The second-order valence-corrected chi connectivity index (χ2v) is 7.69. The van der Waals surface area contributed by atoms with Crippen molar-refractivity contribution in [3.8, 4) is 10.6 Å². The van der Waals surface area contributed by atoms with E-state index >= 15 is 0 Å². The molecule has 3 aromatic rings. The zero-order valence-electron chi connectivity index (χ0n) is 16.1. The van der Waals surface area contributed by atoms with Gasteiger partial charge in [0, 0.05) is 24.3 Å². The van der Waals surface area contributed by atoms with Gasteiger partial charge in [-0.3, -0.25) is 14.6 Å². The van der Waals surface area contributed by atoms with Crippen LogP contribution in [0.4, 0.5) is 5.69 Å². The monoisotopic (exact) mass is 407 g/mol. The number of aryl methyl sites for hydroxylation is 1. The normalized spacial score (nSPS) is 13.9. The second kappa shape index (κ2) is 8.55. The van der Waals surface area contributed by atoms with Gasteiger partial charge in [0.2, 0.25) is 0 Å². The minimum atomic E-state index is -0.222.